The van der Waals surface area contributed by atoms with Gasteiger partial charge in [-0.2, -0.15) is 0 Å². The second-order valence-electron chi connectivity index (χ2n) is 4.26. The van der Waals surface area contributed by atoms with E-state index in [0.29, 0.717) is 5.02 Å². The fourth-order valence-corrected chi connectivity index (χ4v) is 2.01. The Morgan fingerprint density at radius 3 is 2.95 bits per heavy atom. The molecule has 0 atom stereocenters. The molecule has 1 aromatic carbocycles. The Bertz CT molecular complexity index is 557. The van der Waals surface area contributed by atoms with E-state index in [4.69, 9.17) is 21.1 Å². The molecular formula is C14H18ClN3O2. The van der Waals surface area contributed by atoms with Crippen LogP contribution in [0.3, 0.4) is 0 Å². The summed E-state index contributed by atoms with van der Waals surface area (Å²) >= 11 is 6.17. The SMILES string of the molecule is COCCCn1ccnc1Nc1cc(OC)ccc1Cl. The van der Waals surface area contributed by atoms with Crippen molar-refractivity contribution < 1.29 is 9.47 Å². The van der Waals surface area contributed by atoms with Gasteiger partial charge in [0.05, 0.1) is 17.8 Å². The van der Waals surface area contributed by atoms with Crippen LogP contribution in [-0.2, 0) is 11.3 Å². The molecule has 1 N–H and O–H groups in total. The molecule has 1 aromatic heterocycles. The third-order valence-electron chi connectivity index (χ3n) is 2.88. The zero-order chi connectivity index (χ0) is 14.4. The highest BCUT2D eigenvalue weighted by molar-refractivity contribution is 6.33. The zero-order valence-electron chi connectivity index (χ0n) is 11.6. The lowest BCUT2D eigenvalue weighted by Crippen LogP contribution is -2.05. The Morgan fingerprint density at radius 2 is 2.20 bits per heavy atom. The highest BCUT2D eigenvalue weighted by Gasteiger charge is 2.07. The van der Waals surface area contributed by atoms with Crippen LogP contribution in [0.4, 0.5) is 11.6 Å². The summed E-state index contributed by atoms with van der Waals surface area (Å²) in [5.74, 6) is 1.49. The number of hydrogen-bond donors (Lipinski definition) is 1. The van der Waals surface area contributed by atoms with Gasteiger partial charge in [0.15, 0.2) is 0 Å². The summed E-state index contributed by atoms with van der Waals surface area (Å²) in [5, 5.41) is 3.84. The number of benzene rings is 1. The first-order valence-corrected chi connectivity index (χ1v) is 6.73. The highest BCUT2D eigenvalue weighted by Crippen LogP contribution is 2.28. The fraction of sp³-hybridized carbons (Fsp3) is 0.357. The van der Waals surface area contributed by atoms with Gasteiger partial charge in [-0.25, -0.2) is 4.98 Å². The van der Waals surface area contributed by atoms with E-state index < -0.39 is 0 Å². The summed E-state index contributed by atoms with van der Waals surface area (Å²) in [6, 6.07) is 5.45. The number of anilines is 2. The second kappa shape index (κ2) is 7.17. The van der Waals surface area contributed by atoms with Crippen LogP contribution in [0.25, 0.3) is 0 Å². The van der Waals surface area contributed by atoms with Crippen molar-refractivity contribution in [2.75, 3.05) is 26.1 Å². The lowest BCUT2D eigenvalue weighted by molar-refractivity contribution is 0.190. The van der Waals surface area contributed by atoms with Crippen LogP contribution < -0.4 is 10.1 Å². The van der Waals surface area contributed by atoms with Gasteiger partial charge in [0.1, 0.15) is 5.75 Å². The molecule has 0 amide bonds. The number of nitrogens with zero attached hydrogens (tertiary/aromatic N) is 2. The standard InChI is InChI=1S/C14H18ClN3O2/c1-19-9-3-7-18-8-6-16-14(18)17-13-10-11(20-2)4-5-12(13)15/h4-6,8,10H,3,7,9H2,1-2H3,(H,16,17). The van der Waals surface area contributed by atoms with E-state index in [1.807, 2.05) is 22.9 Å². The lowest BCUT2D eigenvalue weighted by Gasteiger charge is -2.12. The van der Waals surface area contributed by atoms with Gasteiger partial charge in [0, 0.05) is 38.7 Å². The molecule has 0 radical (unpaired) electrons. The molecule has 0 aliphatic rings. The Hall–Kier alpha value is -1.72. The Morgan fingerprint density at radius 1 is 1.35 bits per heavy atom. The van der Waals surface area contributed by atoms with Crippen LogP contribution in [0.1, 0.15) is 6.42 Å². The first kappa shape index (κ1) is 14.7. The molecule has 108 valence electrons. The molecule has 0 aliphatic carbocycles. The highest BCUT2D eigenvalue weighted by atomic mass is 35.5. The summed E-state index contributed by atoms with van der Waals surface area (Å²) in [6.45, 7) is 1.55. The van der Waals surface area contributed by atoms with E-state index in [1.54, 1.807) is 26.5 Å². The van der Waals surface area contributed by atoms with E-state index in [0.717, 1.165) is 37.0 Å². The maximum atomic E-state index is 6.17. The van der Waals surface area contributed by atoms with Gasteiger partial charge in [0.2, 0.25) is 5.95 Å². The lowest BCUT2D eigenvalue weighted by atomic mass is 10.3. The number of ether oxygens (including phenoxy) is 2. The Balaban J connectivity index is 2.12. The number of methoxy groups -OCH3 is 2. The summed E-state index contributed by atoms with van der Waals surface area (Å²) in [7, 11) is 3.32. The first-order chi connectivity index (χ1) is 9.74. The van der Waals surface area contributed by atoms with Crippen molar-refractivity contribution in [2.24, 2.45) is 0 Å². The van der Waals surface area contributed by atoms with Gasteiger partial charge in [-0.05, 0) is 18.6 Å². The van der Waals surface area contributed by atoms with Crippen LogP contribution >= 0.6 is 11.6 Å². The van der Waals surface area contributed by atoms with Crippen molar-refractivity contribution in [3.8, 4) is 5.75 Å². The summed E-state index contributed by atoms with van der Waals surface area (Å²) < 4.78 is 12.3. The molecule has 6 heteroatoms. The van der Waals surface area contributed by atoms with Crippen LogP contribution in [0, 0.1) is 0 Å². The second-order valence-corrected chi connectivity index (χ2v) is 4.67. The van der Waals surface area contributed by atoms with E-state index >= 15 is 0 Å². The molecule has 5 nitrogen and oxygen atoms in total. The number of hydrogen-bond acceptors (Lipinski definition) is 4. The summed E-state index contributed by atoms with van der Waals surface area (Å²) in [4.78, 5) is 4.30. The van der Waals surface area contributed by atoms with E-state index in [-0.39, 0.29) is 0 Å². The number of nitrogens with one attached hydrogen (secondary N) is 1. The number of imidazole rings is 1. The van der Waals surface area contributed by atoms with E-state index in [2.05, 4.69) is 10.3 Å². The smallest absolute Gasteiger partial charge is 0.207 e. The molecular weight excluding hydrogens is 278 g/mol. The van der Waals surface area contributed by atoms with Gasteiger partial charge >= 0.3 is 0 Å². The molecule has 2 aromatic rings. The van der Waals surface area contributed by atoms with Gasteiger partial charge in [-0.1, -0.05) is 11.6 Å². The molecule has 2 rings (SSSR count). The molecule has 0 aliphatic heterocycles. The molecule has 0 unspecified atom stereocenters. The van der Waals surface area contributed by atoms with Crippen LogP contribution in [0.15, 0.2) is 30.6 Å². The molecule has 0 spiro atoms. The van der Waals surface area contributed by atoms with Gasteiger partial charge < -0.3 is 19.4 Å². The molecule has 1 heterocycles. The van der Waals surface area contributed by atoms with Crippen molar-refractivity contribution in [2.45, 2.75) is 13.0 Å². The minimum absolute atomic E-state index is 0.622. The summed E-state index contributed by atoms with van der Waals surface area (Å²) in [6.07, 6.45) is 4.60. The first-order valence-electron chi connectivity index (χ1n) is 6.35. The van der Waals surface area contributed by atoms with Crippen LogP contribution in [0.5, 0.6) is 5.75 Å². The van der Waals surface area contributed by atoms with Gasteiger partial charge in [-0.15, -0.1) is 0 Å². The molecule has 20 heavy (non-hydrogen) atoms. The molecule has 0 bridgehead atoms. The van der Waals surface area contributed by atoms with Crippen molar-refractivity contribution in [1.29, 1.82) is 0 Å². The topological polar surface area (TPSA) is 48.3 Å². The third kappa shape index (κ3) is 3.65. The Kier molecular flexibility index (Phi) is 5.26. The number of halogens is 1. The largest absolute Gasteiger partial charge is 0.497 e. The average Bonchev–Trinajstić information content (AvgIpc) is 2.89. The molecule has 0 saturated carbocycles. The van der Waals surface area contributed by atoms with Gasteiger partial charge in [0.25, 0.3) is 0 Å². The minimum Gasteiger partial charge on any atom is -0.497 e. The minimum atomic E-state index is 0.622. The summed E-state index contributed by atoms with van der Waals surface area (Å²) in [5.41, 5.74) is 0.769. The number of aromatic nitrogens is 2. The predicted molar refractivity (Wildman–Crippen MR) is 80.0 cm³/mol. The number of rotatable bonds is 7. The number of aryl methyl sites for hydroxylation is 1. The van der Waals surface area contributed by atoms with Crippen molar-refractivity contribution in [1.82, 2.24) is 9.55 Å². The van der Waals surface area contributed by atoms with E-state index in [9.17, 15) is 0 Å². The monoisotopic (exact) mass is 295 g/mol. The fourth-order valence-electron chi connectivity index (χ4n) is 1.84. The van der Waals surface area contributed by atoms with Crippen LogP contribution in [-0.4, -0.2) is 30.4 Å². The maximum absolute atomic E-state index is 6.17. The van der Waals surface area contributed by atoms with Gasteiger partial charge in [-0.3, -0.25) is 0 Å². The van der Waals surface area contributed by atoms with Crippen LogP contribution in [0.2, 0.25) is 5.02 Å². The maximum Gasteiger partial charge on any atom is 0.207 e. The van der Waals surface area contributed by atoms with Crippen molar-refractivity contribution in [3.05, 3.63) is 35.6 Å². The van der Waals surface area contributed by atoms with Crippen molar-refractivity contribution in [3.63, 3.8) is 0 Å². The molecule has 0 saturated heterocycles. The Labute approximate surface area is 123 Å². The third-order valence-corrected chi connectivity index (χ3v) is 3.21. The van der Waals surface area contributed by atoms with E-state index in [1.165, 1.54) is 0 Å². The molecule has 0 fully saturated rings. The predicted octanol–water partition coefficient (Wildman–Crippen LogP) is 3.33. The normalized spacial score (nSPS) is 10.6. The average molecular weight is 296 g/mol. The zero-order valence-corrected chi connectivity index (χ0v) is 12.4. The van der Waals surface area contributed by atoms with Crippen molar-refractivity contribution >= 4 is 23.2 Å². The quantitative estimate of drug-likeness (QED) is 0.796.